The second kappa shape index (κ2) is 12.9. The van der Waals surface area contributed by atoms with E-state index in [2.05, 4.69) is 26.1 Å². The lowest BCUT2D eigenvalue weighted by Crippen LogP contribution is -2.67. The molecule has 5 aromatic rings. The molecule has 8 heteroatoms. The van der Waals surface area contributed by atoms with Crippen LogP contribution in [0.25, 0.3) is 11.0 Å². The van der Waals surface area contributed by atoms with Gasteiger partial charge in [0.15, 0.2) is 0 Å². The lowest BCUT2D eigenvalue weighted by molar-refractivity contribution is -0.120. The molecule has 2 amide bonds. The number of furan rings is 1. The Morgan fingerprint density at radius 2 is 1.48 bits per heavy atom. The van der Waals surface area contributed by atoms with Gasteiger partial charge >= 0.3 is 0 Å². The average Bonchev–Trinajstić information content (AvgIpc) is 3.36. The van der Waals surface area contributed by atoms with E-state index in [-0.39, 0.29) is 23.0 Å². The summed E-state index contributed by atoms with van der Waals surface area (Å²) in [6.45, 7) is 5.75. The Bertz CT molecular complexity index is 1780. The van der Waals surface area contributed by atoms with Gasteiger partial charge in [-0.15, -0.1) is 0 Å². The van der Waals surface area contributed by atoms with Gasteiger partial charge in [-0.05, 0) is 46.1 Å². The van der Waals surface area contributed by atoms with Crippen LogP contribution in [0.5, 0.6) is 5.75 Å². The number of hydrogen-bond donors (Lipinski definition) is 2. The van der Waals surface area contributed by atoms with Gasteiger partial charge in [0.1, 0.15) is 29.7 Å². The van der Waals surface area contributed by atoms with Crippen molar-refractivity contribution < 1.29 is 25.9 Å². The maximum atomic E-state index is 13.8. The topological polar surface area (TPSA) is 104 Å². The molecule has 1 atom stereocenters. The average molecular weight is 609 g/mol. The van der Waals surface area contributed by atoms with Crippen LogP contribution in [-0.4, -0.2) is 32.8 Å². The van der Waals surface area contributed by atoms with Crippen LogP contribution in [0.1, 0.15) is 45.2 Å². The fourth-order valence-corrected chi connectivity index (χ4v) is 10.1. The Kier molecular flexibility index (Phi) is 8.25. The maximum Gasteiger partial charge on any atom is 0.261 e. The number of nitrogens with two attached hydrogens (primary N) is 1. The molecule has 1 heterocycles. The van der Waals surface area contributed by atoms with E-state index in [0.717, 1.165) is 10.4 Å². The zero-order valence-corrected chi connectivity index (χ0v) is 26.3. The highest BCUT2D eigenvalue weighted by molar-refractivity contribution is 6.99. The van der Waals surface area contributed by atoms with E-state index < -0.39 is 32.7 Å². The molecule has 0 aliphatic heterocycles. The zero-order chi connectivity index (χ0) is 33.1. The molecule has 44 heavy (non-hydrogen) atoms. The number of aryl methyl sites for hydroxylation is 1. The van der Waals surface area contributed by atoms with Crippen molar-refractivity contribution in [1.82, 2.24) is 5.32 Å². The van der Waals surface area contributed by atoms with Gasteiger partial charge in [0, 0.05) is 5.39 Å². The normalized spacial score (nSPS) is 13.5. The highest BCUT2D eigenvalue weighted by atomic mass is 28.4. The van der Waals surface area contributed by atoms with Gasteiger partial charge in [-0.25, -0.2) is 0 Å². The van der Waals surface area contributed by atoms with Gasteiger partial charge in [-0.1, -0.05) is 112 Å². The third-order valence-corrected chi connectivity index (χ3v) is 12.7. The predicted octanol–water partition coefficient (Wildman–Crippen LogP) is 5.48. The standard InChI is InChI=1S/C36H38N2O5Si/c1-25-33(30-22-27(20-21-32(30)43-25)41-23-26-14-8-5-9-15-26)35(40)38-31(34(37)39)24-42-44(36(2,3)4,28-16-10-6-11-17-28)29-18-12-7-13-19-29/h5-22,31H,23-24H2,1-4H3,(H2,37,39)(H,38,40)/t31-/m0/s1/i23D2. The van der Waals surface area contributed by atoms with Gasteiger partial charge < -0.3 is 24.6 Å². The number of carbonyl (C=O) groups is 2. The van der Waals surface area contributed by atoms with Crippen LogP contribution in [-0.2, 0) is 15.8 Å². The molecule has 4 aromatic carbocycles. The first-order chi connectivity index (χ1) is 21.8. The Balaban J connectivity index is 1.44. The smallest absolute Gasteiger partial charge is 0.261 e. The highest BCUT2D eigenvalue weighted by Gasteiger charge is 2.50. The van der Waals surface area contributed by atoms with Crippen LogP contribution < -0.4 is 26.2 Å². The first-order valence-corrected chi connectivity index (χ1v) is 16.4. The largest absolute Gasteiger partial charge is 0.489 e. The fourth-order valence-electron chi connectivity index (χ4n) is 5.56. The zero-order valence-electron chi connectivity index (χ0n) is 27.3. The molecule has 0 bridgehead atoms. The van der Waals surface area contributed by atoms with Crippen LogP contribution in [0.3, 0.4) is 0 Å². The van der Waals surface area contributed by atoms with E-state index in [1.807, 2.05) is 60.7 Å². The Morgan fingerprint density at radius 1 is 0.909 bits per heavy atom. The predicted molar refractivity (Wildman–Crippen MR) is 176 cm³/mol. The molecular weight excluding hydrogens is 568 g/mol. The number of primary amides is 1. The van der Waals surface area contributed by atoms with E-state index >= 15 is 0 Å². The second-order valence-electron chi connectivity index (χ2n) is 11.7. The summed E-state index contributed by atoms with van der Waals surface area (Å²) in [6.07, 6.45) is 0. The molecule has 0 saturated heterocycles. The van der Waals surface area contributed by atoms with Gasteiger partial charge in [0.2, 0.25) is 5.91 Å². The highest BCUT2D eigenvalue weighted by Crippen LogP contribution is 2.37. The molecule has 0 fully saturated rings. The number of carbonyl (C=O) groups excluding carboxylic acids is 2. The van der Waals surface area contributed by atoms with Crippen molar-refractivity contribution >= 4 is 41.5 Å². The number of ether oxygens (including phenoxy) is 1. The number of nitrogens with one attached hydrogen (secondary N) is 1. The summed E-state index contributed by atoms with van der Waals surface area (Å²) < 4.78 is 35.3. The summed E-state index contributed by atoms with van der Waals surface area (Å²) in [4.78, 5) is 26.6. The van der Waals surface area contributed by atoms with Gasteiger partial charge in [0.05, 0.1) is 14.9 Å². The molecule has 0 saturated carbocycles. The van der Waals surface area contributed by atoms with Crippen LogP contribution in [0.2, 0.25) is 5.04 Å². The van der Waals surface area contributed by atoms with Crippen molar-refractivity contribution in [3.8, 4) is 5.75 Å². The molecule has 0 aliphatic rings. The van der Waals surface area contributed by atoms with E-state index in [1.54, 1.807) is 55.5 Å². The van der Waals surface area contributed by atoms with Crippen molar-refractivity contribution in [2.45, 2.75) is 45.3 Å². The number of hydrogen-bond acceptors (Lipinski definition) is 5. The Labute approximate surface area is 261 Å². The second-order valence-corrected chi connectivity index (χ2v) is 16.0. The lowest BCUT2D eigenvalue weighted by Gasteiger charge is -2.43. The van der Waals surface area contributed by atoms with E-state index in [1.165, 1.54) is 0 Å². The minimum Gasteiger partial charge on any atom is -0.489 e. The van der Waals surface area contributed by atoms with Crippen LogP contribution in [0.15, 0.2) is 114 Å². The third-order valence-electron chi connectivity index (χ3n) is 7.66. The van der Waals surface area contributed by atoms with Crippen molar-refractivity contribution in [3.05, 3.63) is 126 Å². The summed E-state index contributed by atoms with van der Waals surface area (Å²) in [5.41, 5.74) is 6.80. The molecule has 5 rings (SSSR count). The molecule has 226 valence electrons. The molecule has 7 nitrogen and oxygen atoms in total. The molecule has 0 radical (unpaired) electrons. The monoisotopic (exact) mass is 608 g/mol. The quantitative estimate of drug-likeness (QED) is 0.193. The maximum absolute atomic E-state index is 13.8. The number of rotatable bonds is 11. The molecule has 0 unspecified atom stereocenters. The molecule has 0 aliphatic carbocycles. The SMILES string of the molecule is [2H]C([2H])(Oc1ccc2oc(C)c(C(=O)N[C@@H](CO[Si](c3ccccc3)(c3ccccc3)C(C)(C)C)C(N)=O)c2c1)c1ccccc1. The number of amides is 2. The summed E-state index contributed by atoms with van der Waals surface area (Å²) >= 11 is 0. The van der Waals surface area contributed by atoms with Crippen LogP contribution >= 0.6 is 0 Å². The van der Waals surface area contributed by atoms with Gasteiger partial charge in [0.25, 0.3) is 14.2 Å². The molecular formula is C36H38N2O5Si. The lowest BCUT2D eigenvalue weighted by atomic mass is 10.1. The van der Waals surface area contributed by atoms with E-state index in [9.17, 15) is 9.59 Å². The summed E-state index contributed by atoms with van der Waals surface area (Å²) in [6, 6.07) is 32.1. The van der Waals surface area contributed by atoms with Crippen LogP contribution in [0.4, 0.5) is 0 Å². The van der Waals surface area contributed by atoms with Crippen molar-refractivity contribution in [2.24, 2.45) is 5.73 Å². The first-order valence-electron chi connectivity index (χ1n) is 15.5. The minimum atomic E-state index is -3.02. The molecule has 1 aromatic heterocycles. The minimum absolute atomic E-state index is 0.144. The summed E-state index contributed by atoms with van der Waals surface area (Å²) in [5, 5.41) is 4.90. The van der Waals surface area contributed by atoms with Crippen molar-refractivity contribution in [3.63, 3.8) is 0 Å². The number of fused-ring (bicyclic) bond motifs is 1. The Hall–Kier alpha value is -4.66. The van der Waals surface area contributed by atoms with Crippen molar-refractivity contribution in [1.29, 1.82) is 0 Å². The van der Waals surface area contributed by atoms with Gasteiger partial charge in [-0.2, -0.15) is 0 Å². The first kappa shape index (κ1) is 28.1. The molecule has 3 N–H and O–H groups in total. The van der Waals surface area contributed by atoms with Gasteiger partial charge in [-0.3, -0.25) is 9.59 Å². The Morgan fingerprint density at radius 3 is 2.02 bits per heavy atom. The number of benzene rings is 4. The third kappa shape index (κ3) is 6.32. The van der Waals surface area contributed by atoms with E-state index in [4.69, 9.17) is 22.1 Å². The van der Waals surface area contributed by atoms with Crippen molar-refractivity contribution in [2.75, 3.05) is 6.61 Å². The summed E-state index contributed by atoms with van der Waals surface area (Å²) in [5.74, 6) is -0.782. The molecule has 0 spiro atoms. The van der Waals surface area contributed by atoms with Crippen LogP contribution in [0, 0.1) is 6.92 Å². The fraction of sp³-hybridized carbons (Fsp3) is 0.222. The van der Waals surface area contributed by atoms with E-state index in [0.29, 0.717) is 22.3 Å². The summed E-state index contributed by atoms with van der Waals surface area (Å²) in [7, 11) is -3.02.